The Labute approximate surface area is 197 Å². The number of anilines is 1. The largest absolute Gasteiger partial charge is 0.489 e. The topological polar surface area (TPSA) is 84.9 Å². The van der Waals surface area contributed by atoms with E-state index < -0.39 is 16.1 Å². The van der Waals surface area contributed by atoms with Gasteiger partial charge in [-0.1, -0.05) is 41.9 Å². The summed E-state index contributed by atoms with van der Waals surface area (Å²) in [4.78, 5) is 12.8. The van der Waals surface area contributed by atoms with Gasteiger partial charge in [-0.2, -0.15) is 0 Å². The number of carbonyl (C=O) groups is 1. The number of methoxy groups -OCH3 is 1. The van der Waals surface area contributed by atoms with Crippen LogP contribution in [0.15, 0.2) is 77.7 Å². The standard InChI is InChI=1S/C24H23ClN2O5S/c1-31-14-13-26-24(28)18-9-12-23-21(15-18)27(33(29,30)20-5-3-2-4-6-20)22(16-32-23)17-7-10-19(25)11-8-17/h2-12,15,22H,13-14,16H2,1H3,(H,26,28). The van der Waals surface area contributed by atoms with E-state index in [1.165, 1.54) is 4.31 Å². The summed E-state index contributed by atoms with van der Waals surface area (Å²) in [7, 11) is -2.43. The van der Waals surface area contributed by atoms with Gasteiger partial charge in [0.05, 0.1) is 17.2 Å². The predicted molar refractivity (Wildman–Crippen MR) is 126 cm³/mol. The highest BCUT2D eigenvalue weighted by Crippen LogP contribution is 2.43. The average molecular weight is 487 g/mol. The highest BCUT2D eigenvalue weighted by molar-refractivity contribution is 7.92. The Bertz CT molecular complexity index is 1230. The molecule has 4 rings (SSSR count). The van der Waals surface area contributed by atoms with Gasteiger partial charge < -0.3 is 14.8 Å². The van der Waals surface area contributed by atoms with Gasteiger partial charge in [-0.15, -0.1) is 0 Å². The first-order valence-electron chi connectivity index (χ1n) is 10.3. The smallest absolute Gasteiger partial charge is 0.265 e. The molecule has 1 aliphatic heterocycles. The summed E-state index contributed by atoms with van der Waals surface area (Å²) in [5.74, 6) is 0.0497. The Morgan fingerprint density at radius 2 is 1.85 bits per heavy atom. The van der Waals surface area contributed by atoms with Crippen molar-refractivity contribution in [2.75, 3.05) is 31.2 Å². The lowest BCUT2D eigenvalue weighted by molar-refractivity contribution is 0.0937. The van der Waals surface area contributed by atoms with Crippen molar-refractivity contribution in [1.82, 2.24) is 5.32 Å². The highest BCUT2D eigenvalue weighted by Gasteiger charge is 2.38. The molecule has 7 nitrogen and oxygen atoms in total. The number of fused-ring (bicyclic) bond motifs is 1. The third-order valence-electron chi connectivity index (χ3n) is 5.28. The predicted octanol–water partition coefficient (Wildman–Crippen LogP) is 4.05. The number of ether oxygens (including phenoxy) is 2. The Balaban J connectivity index is 1.81. The SMILES string of the molecule is COCCNC(=O)c1ccc2c(c1)N(S(=O)(=O)c1ccccc1)C(c1ccc(Cl)cc1)CO2. The van der Waals surface area contributed by atoms with Crippen LogP contribution in [0.5, 0.6) is 5.75 Å². The number of hydrogen-bond acceptors (Lipinski definition) is 5. The van der Waals surface area contributed by atoms with Gasteiger partial charge in [-0.05, 0) is 48.0 Å². The molecule has 0 spiro atoms. The number of rotatable bonds is 7. The van der Waals surface area contributed by atoms with Gasteiger partial charge in [0.1, 0.15) is 18.4 Å². The van der Waals surface area contributed by atoms with Crippen LogP contribution in [-0.4, -0.2) is 41.2 Å². The minimum absolute atomic E-state index is 0.111. The Morgan fingerprint density at radius 1 is 1.12 bits per heavy atom. The third kappa shape index (κ3) is 4.83. The van der Waals surface area contributed by atoms with Crippen molar-refractivity contribution in [3.05, 3.63) is 88.9 Å². The maximum absolute atomic E-state index is 13.8. The molecule has 0 aliphatic carbocycles. The number of halogens is 1. The van der Waals surface area contributed by atoms with Crippen molar-refractivity contribution in [2.24, 2.45) is 0 Å². The van der Waals surface area contributed by atoms with E-state index in [9.17, 15) is 13.2 Å². The van der Waals surface area contributed by atoms with Crippen molar-refractivity contribution in [3.8, 4) is 5.75 Å². The van der Waals surface area contributed by atoms with E-state index in [0.717, 1.165) is 5.56 Å². The number of hydrogen-bond donors (Lipinski definition) is 1. The molecular weight excluding hydrogens is 464 g/mol. The fourth-order valence-electron chi connectivity index (χ4n) is 3.65. The molecule has 1 N–H and O–H groups in total. The molecule has 0 bridgehead atoms. The molecule has 33 heavy (non-hydrogen) atoms. The highest BCUT2D eigenvalue weighted by atomic mass is 35.5. The van der Waals surface area contributed by atoms with Gasteiger partial charge in [0.2, 0.25) is 0 Å². The molecule has 1 amide bonds. The first kappa shape index (κ1) is 23.1. The number of nitrogens with one attached hydrogen (secondary N) is 1. The van der Waals surface area contributed by atoms with Gasteiger partial charge in [0.15, 0.2) is 0 Å². The van der Waals surface area contributed by atoms with E-state index in [1.54, 1.807) is 79.9 Å². The minimum Gasteiger partial charge on any atom is -0.489 e. The molecule has 0 saturated carbocycles. The number of benzene rings is 3. The molecule has 0 fully saturated rings. The van der Waals surface area contributed by atoms with Crippen molar-refractivity contribution >= 4 is 33.2 Å². The van der Waals surface area contributed by atoms with Crippen LogP contribution in [0.4, 0.5) is 5.69 Å². The summed E-state index contributed by atoms with van der Waals surface area (Å²) in [6, 6.07) is 19.3. The zero-order valence-electron chi connectivity index (χ0n) is 17.9. The number of sulfonamides is 1. The molecule has 9 heteroatoms. The van der Waals surface area contributed by atoms with Crippen LogP contribution in [0.25, 0.3) is 0 Å². The molecule has 172 valence electrons. The second kappa shape index (κ2) is 9.82. The average Bonchev–Trinajstić information content (AvgIpc) is 2.84. The third-order valence-corrected chi connectivity index (χ3v) is 7.37. The van der Waals surface area contributed by atoms with E-state index in [1.807, 2.05) is 0 Å². The molecule has 3 aromatic rings. The Morgan fingerprint density at radius 3 is 2.55 bits per heavy atom. The van der Waals surface area contributed by atoms with Gasteiger partial charge in [-0.3, -0.25) is 9.10 Å². The maximum Gasteiger partial charge on any atom is 0.265 e. The number of carbonyl (C=O) groups excluding carboxylic acids is 1. The van der Waals surface area contributed by atoms with E-state index in [-0.39, 0.29) is 17.4 Å². The van der Waals surface area contributed by atoms with E-state index in [2.05, 4.69) is 5.32 Å². The van der Waals surface area contributed by atoms with Crippen LogP contribution in [0, 0.1) is 0 Å². The van der Waals surface area contributed by atoms with Crippen LogP contribution >= 0.6 is 11.6 Å². The molecule has 3 aromatic carbocycles. The first-order chi connectivity index (χ1) is 15.9. The summed E-state index contributed by atoms with van der Waals surface area (Å²) in [5.41, 5.74) is 1.34. The molecule has 1 heterocycles. The van der Waals surface area contributed by atoms with Crippen LogP contribution in [0.1, 0.15) is 22.0 Å². The normalized spacial score (nSPS) is 15.5. The van der Waals surface area contributed by atoms with Crippen molar-refractivity contribution < 1.29 is 22.7 Å². The van der Waals surface area contributed by atoms with Crippen molar-refractivity contribution in [1.29, 1.82) is 0 Å². The zero-order chi connectivity index (χ0) is 23.4. The maximum atomic E-state index is 13.8. The van der Waals surface area contributed by atoms with E-state index in [0.29, 0.717) is 35.2 Å². The first-order valence-corrected chi connectivity index (χ1v) is 12.1. The molecule has 0 radical (unpaired) electrons. The molecule has 1 unspecified atom stereocenters. The molecule has 1 atom stereocenters. The second-order valence-corrected chi connectivity index (χ2v) is 9.67. The number of amides is 1. The molecule has 1 aliphatic rings. The lowest BCUT2D eigenvalue weighted by atomic mass is 10.0. The van der Waals surface area contributed by atoms with Gasteiger partial charge >= 0.3 is 0 Å². The van der Waals surface area contributed by atoms with Gasteiger partial charge in [-0.25, -0.2) is 8.42 Å². The minimum atomic E-state index is -3.98. The quantitative estimate of drug-likeness (QED) is 0.509. The second-order valence-electron chi connectivity index (χ2n) is 7.42. The Hall–Kier alpha value is -3.07. The van der Waals surface area contributed by atoms with Crippen LogP contribution in [0.2, 0.25) is 5.02 Å². The molecule has 0 aromatic heterocycles. The summed E-state index contributed by atoms with van der Waals surface area (Å²) >= 11 is 6.05. The van der Waals surface area contributed by atoms with Crippen LogP contribution < -0.4 is 14.4 Å². The van der Waals surface area contributed by atoms with Gasteiger partial charge in [0.25, 0.3) is 15.9 Å². The number of nitrogens with zero attached hydrogens (tertiary/aromatic N) is 1. The fourth-order valence-corrected chi connectivity index (χ4v) is 5.42. The lowest BCUT2D eigenvalue weighted by Gasteiger charge is -2.38. The molecule has 0 saturated heterocycles. The lowest BCUT2D eigenvalue weighted by Crippen LogP contribution is -2.41. The van der Waals surface area contributed by atoms with Crippen molar-refractivity contribution in [3.63, 3.8) is 0 Å². The zero-order valence-corrected chi connectivity index (χ0v) is 19.5. The van der Waals surface area contributed by atoms with Crippen LogP contribution in [0.3, 0.4) is 0 Å². The Kier molecular flexibility index (Phi) is 6.88. The van der Waals surface area contributed by atoms with E-state index in [4.69, 9.17) is 21.1 Å². The van der Waals surface area contributed by atoms with Crippen molar-refractivity contribution in [2.45, 2.75) is 10.9 Å². The summed E-state index contributed by atoms with van der Waals surface area (Å²) in [6.07, 6.45) is 0. The fraction of sp³-hybridized carbons (Fsp3) is 0.208. The monoisotopic (exact) mass is 486 g/mol. The summed E-state index contributed by atoms with van der Waals surface area (Å²) in [6.45, 7) is 0.815. The van der Waals surface area contributed by atoms with Gasteiger partial charge in [0, 0.05) is 24.2 Å². The summed E-state index contributed by atoms with van der Waals surface area (Å²) < 4.78 is 39.9. The summed E-state index contributed by atoms with van der Waals surface area (Å²) in [5, 5.41) is 3.30. The van der Waals surface area contributed by atoms with Crippen LogP contribution in [-0.2, 0) is 14.8 Å². The molecular formula is C24H23ClN2O5S. The van der Waals surface area contributed by atoms with E-state index >= 15 is 0 Å².